The second-order valence-corrected chi connectivity index (χ2v) is 4.17. The maximum atomic E-state index is 10.1. The molecule has 0 spiro atoms. The number of aliphatic hydroxyl groups is 1. The predicted octanol–water partition coefficient (Wildman–Crippen LogP) is 2.69. The molecule has 2 heteroatoms. The second-order valence-electron chi connectivity index (χ2n) is 4.17. The molecule has 1 aliphatic rings. The third-order valence-electron chi connectivity index (χ3n) is 3.06. The number of hydrogen-bond acceptors (Lipinski definition) is 2. The maximum Gasteiger partial charge on any atom is 0.109 e. The molecular weight excluding hydrogens is 164 g/mol. The molecule has 2 atom stereocenters. The summed E-state index contributed by atoms with van der Waals surface area (Å²) in [5.41, 5.74) is -0.573. The molecule has 1 fully saturated rings. The summed E-state index contributed by atoms with van der Waals surface area (Å²) < 4.78 is 5.35. The van der Waals surface area contributed by atoms with Crippen molar-refractivity contribution in [3.05, 3.63) is 24.2 Å². The molecule has 0 saturated heterocycles. The minimum atomic E-state index is -0.573. The summed E-state index contributed by atoms with van der Waals surface area (Å²) in [6.45, 7) is 1.92. The SMILES string of the molecule is CC1(O)CCCCC1c1ccco1. The van der Waals surface area contributed by atoms with Gasteiger partial charge in [0.25, 0.3) is 0 Å². The molecule has 13 heavy (non-hydrogen) atoms. The van der Waals surface area contributed by atoms with Gasteiger partial charge in [-0.15, -0.1) is 0 Å². The fourth-order valence-corrected chi connectivity index (χ4v) is 2.25. The molecule has 2 unspecified atom stereocenters. The average Bonchev–Trinajstić information content (AvgIpc) is 2.55. The summed E-state index contributed by atoms with van der Waals surface area (Å²) in [5.74, 6) is 1.13. The molecule has 1 N–H and O–H groups in total. The van der Waals surface area contributed by atoms with E-state index in [0.29, 0.717) is 0 Å². The topological polar surface area (TPSA) is 33.4 Å². The van der Waals surface area contributed by atoms with Crippen LogP contribution in [0.4, 0.5) is 0 Å². The highest BCUT2D eigenvalue weighted by Crippen LogP contribution is 2.40. The average molecular weight is 180 g/mol. The molecule has 0 aliphatic heterocycles. The van der Waals surface area contributed by atoms with Gasteiger partial charge in [-0.05, 0) is 31.9 Å². The Bertz CT molecular complexity index is 262. The molecule has 1 aromatic heterocycles. The highest BCUT2D eigenvalue weighted by molar-refractivity contribution is 5.12. The second kappa shape index (κ2) is 3.18. The first-order chi connectivity index (χ1) is 6.20. The fourth-order valence-electron chi connectivity index (χ4n) is 2.25. The van der Waals surface area contributed by atoms with Crippen LogP contribution in [0.1, 0.15) is 44.3 Å². The van der Waals surface area contributed by atoms with Crippen molar-refractivity contribution < 1.29 is 9.52 Å². The molecule has 0 amide bonds. The van der Waals surface area contributed by atoms with E-state index in [1.165, 1.54) is 6.42 Å². The Morgan fingerprint density at radius 3 is 3.00 bits per heavy atom. The van der Waals surface area contributed by atoms with Crippen LogP contribution in [-0.2, 0) is 0 Å². The Morgan fingerprint density at radius 2 is 2.38 bits per heavy atom. The van der Waals surface area contributed by atoms with Crippen molar-refractivity contribution in [1.82, 2.24) is 0 Å². The number of rotatable bonds is 1. The Hall–Kier alpha value is -0.760. The van der Waals surface area contributed by atoms with Crippen LogP contribution in [0.3, 0.4) is 0 Å². The maximum absolute atomic E-state index is 10.1. The molecule has 0 bridgehead atoms. The molecule has 0 radical (unpaired) electrons. The lowest BCUT2D eigenvalue weighted by atomic mass is 9.75. The third kappa shape index (κ3) is 1.63. The molecule has 1 heterocycles. The van der Waals surface area contributed by atoms with Crippen LogP contribution in [0, 0.1) is 0 Å². The third-order valence-corrected chi connectivity index (χ3v) is 3.06. The summed E-state index contributed by atoms with van der Waals surface area (Å²) >= 11 is 0. The summed E-state index contributed by atoms with van der Waals surface area (Å²) in [5, 5.41) is 10.1. The largest absolute Gasteiger partial charge is 0.469 e. The van der Waals surface area contributed by atoms with Gasteiger partial charge in [0.05, 0.1) is 11.9 Å². The van der Waals surface area contributed by atoms with Crippen LogP contribution in [0.25, 0.3) is 0 Å². The van der Waals surface area contributed by atoms with Crippen molar-refractivity contribution in [2.75, 3.05) is 0 Å². The van der Waals surface area contributed by atoms with Crippen molar-refractivity contribution in [2.45, 2.75) is 44.1 Å². The fraction of sp³-hybridized carbons (Fsp3) is 0.636. The van der Waals surface area contributed by atoms with Gasteiger partial charge in [-0.25, -0.2) is 0 Å². The zero-order valence-corrected chi connectivity index (χ0v) is 7.99. The van der Waals surface area contributed by atoms with E-state index < -0.39 is 5.60 Å². The lowest BCUT2D eigenvalue weighted by Crippen LogP contribution is -2.35. The van der Waals surface area contributed by atoms with Crippen molar-refractivity contribution in [3.63, 3.8) is 0 Å². The van der Waals surface area contributed by atoms with Crippen LogP contribution < -0.4 is 0 Å². The van der Waals surface area contributed by atoms with E-state index in [0.717, 1.165) is 25.0 Å². The van der Waals surface area contributed by atoms with Gasteiger partial charge in [0.15, 0.2) is 0 Å². The van der Waals surface area contributed by atoms with E-state index in [9.17, 15) is 5.11 Å². The highest BCUT2D eigenvalue weighted by atomic mass is 16.3. The van der Waals surface area contributed by atoms with Crippen LogP contribution in [-0.4, -0.2) is 10.7 Å². The first kappa shape index (κ1) is 8.82. The molecule has 72 valence electrons. The van der Waals surface area contributed by atoms with Gasteiger partial charge >= 0.3 is 0 Å². The lowest BCUT2D eigenvalue weighted by Gasteiger charge is -2.35. The monoisotopic (exact) mass is 180 g/mol. The van der Waals surface area contributed by atoms with Crippen molar-refractivity contribution in [1.29, 1.82) is 0 Å². The van der Waals surface area contributed by atoms with Crippen LogP contribution >= 0.6 is 0 Å². The Labute approximate surface area is 78.6 Å². The first-order valence-corrected chi connectivity index (χ1v) is 4.96. The zero-order chi connectivity index (χ0) is 9.31. The Morgan fingerprint density at radius 1 is 1.54 bits per heavy atom. The highest BCUT2D eigenvalue weighted by Gasteiger charge is 2.36. The molecule has 1 saturated carbocycles. The summed E-state index contributed by atoms with van der Waals surface area (Å²) in [6.07, 6.45) is 5.94. The minimum absolute atomic E-state index is 0.191. The standard InChI is InChI=1S/C11H16O2/c1-11(12)7-3-2-5-9(11)10-6-4-8-13-10/h4,6,8-9,12H,2-3,5,7H2,1H3. The van der Waals surface area contributed by atoms with Crippen LogP contribution in [0.5, 0.6) is 0 Å². The quantitative estimate of drug-likeness (QED) is 0.720. The predicted molar refractivity (Wildman–Crippen MR) is 50.5 cm³/mol. The van der Waals surface area contributed by atoms with Crippen molar-refractivity contribution in [2.24, 2.45) is 0 Å². The minimum Gasteiger partial charge on any atom is -0.469 e. The van der Waals surface area contributed by atoms with Gasteiger partial charge in [0.2, 0.25) is 0 Å². The zero-order valence-electron chi connectivity index (χ0n) is 7.99. The number of hydrogen-bond donors (Lipinski definition) is 1. The van der Waals surface area contributed by atoms with Gasteiger partial charge in [-0.3, -0.25) is 0 Å². The molecule has 2 rings (SSSR count). The lowest BCUT2D eigenvalue weighted by molar-refractivity contribution is -0.00595. The van der Waals surface area contributed by atoms with E-state index >= 15 is 0 Å². The molecule has 1 aromatic rings. The van der Waals surface area contributed by atoms with Crippen LogP contribution in [0.2, 0.25) is 0 Å². The van der Waals surface area contributed by atoms with E-state index in [4.69, 9.17) is 4.42 Å². The molecule has 0 aromatic carbocycles. The van der Waals surface area contributed by atoms with Gasteiger partial charge in [0.1, 0.15) is 5.76 Å². The van der Waals surface area contributed by atoms with Crippen LogP contribution in [0.15, 0.2) is 22.8 Å². The molecule has 1 aliphatic carbocycles. The molecular formula is C11H16O2. The summed E-state index contributed by atoms with van der Waals surface area (Å²) in [4.78, 5) is 0. The Balaban J connectivity index is 2.21. The van der Waals surface area contributed by atoms with Gasteiger partial charge in [-0.2, -0.15) is 0 Å². The Kier molecular flexibility index (Phi) is 2.16. The van der Waals surface area contributed by atoms with Crippen molar-refractivity contribution >= 4 is 0 Å². The summed E-state index contributed by atoms with van der Waals surface area (Å²) in [7, 11) is 0. The summed E-state index contributed by atoms with van der Waals surface area (Å²) in [6, 6.07) is 3.85. The van der Waals surface area contributed by atoms with Gasteiger partial charge in [-0.1, -0.05) is 12.8 Å². The smallest absolute Gasteiger partial charge is 0.109 e. The normalized spacial score (nSPS) is 34.8. The van der Waals surface area contributed by atoms with E-state index in [-0.39, 0.29) is 5.92 Å². The number of furan rings is 1. The van der Waals surface area contributed by atoms with Gasteiger partial charge in [0, 0.05) is 5.92 Å². The first-order valence-electron chi connectivity index (χ1n) is 4.96. The van der Waals surface area contributed by atoms with E-state index in [1.807, 2.05) is 19.1 Å². The van der Waals surface area contributed by atoms with Crippen molar-refractivity contribution in [3.8, 4) is 0 Å². The molecule has 2 nitrogen and oxygen atoms in total. The van der Waals surface area contributed by atoms with E-state index in [1.54, 1.807) is 6.26 Å². The van der Waals surface area contributed by atoms with E-state index in [2.05, 4.69) is 0 Å². The van der Waals surface area contributed by atoms with Gasteiger partial charge < -0.3 is 9.52 Å².